The van der Waals surface area contributed by atoms with Gasteiger partial charge < -0.3 is 10.2 Å². The zero-order chi connectivity index (χ0) is 29.6. The van der Waals surface area contributed by atoms with Gasteiger partial charge in [0.2, 0.25) is 11.8 Å². The lowest BCUT2D eigenvalue weighted by atomic mass is 10.1. The van der Waals surface area contributed by atoms with Gasteiger partial charge >= 0.3 is 0 Å². The molecule has 12 heteroatoms. The van der Waals surface area contributed by atoms with Crippen LogP contribution in [0.1, 0.15) is 26.3 Å². The van der Waals surface area contributed by atoms with Gasteiger partial charge in [-0.3, -0.25) is 13.9 Å². The number of carbonyl (C=O) groups is 2. The summed E-state index contributed by atoms with van der Waals surface area (Å²) < 4.78 is 28.5. The molecule has 7 nitrogen and oxygen atoms in total. The first-order valence-corrected chi connectivity index (χ1v) is 15.3. The number of halogens is 4. The maximum absolute atomic E-state index is 13.9. The maximum Gasteiger partial charge on any atom is 0.264 e. The predicted octanol–water partition coefficient (Wildman–Crippen LogP) is 6.69. The quantitative estimate of drug-likeness (QED) is 0.252. The first-order chi connectivity index (χ1) is 18.8. The standard InChI is InChI=1S/C28H29Cl4N3O4S/c1-18(2)15-33-28(37)19(3)34(16-20-9-11-23(29)25(31)13-20)27(36)17-35(21-10-12-24(30)26(32)14-21)40(38,39)22-7-5-4-6-8-22/h4-14,18-19H,15-17H2,1-3H3,(H,33,37)/t19-/m1/s1. The number of benzene rings is 3. The van der Waals surface area contributed by atoms with Crippen molar-refractivity contribution in [3.05, 3.63) is 92.4 Å². The molecular weight excluding hydrogens is 616 g/mol. The van der Waals surface area contributed by atoms with E-state index in [4.69, 9.17) is 46.4 Å². The van der Waals surface area contributed by atoms with Crippen molar-refractivity contribution in [3.8, 4) is 0 Å². The van der Waals surface area contributed by atoms with Crippen molar-refractivity contribution in [1.82, 2.24) is 10.2 Å². The second-order valence-electron chi connectivity index (χ2n) is 9.51. The van der Waals surface area contributed by atoms with Crippen molar-refractivity contribution in [3.63, 3.8) is 0 Å². The summed E-state index contributed by atoms with van der Waals surface area (Å²) in [6.07, 6.45) is 0. The predicted molar refractivity (Wildman–Crippen MR) is 162 cm³/mol. The summed E-state index contributed by atoms with van der Waals surface area (Å²) >= 11 is 24.6. The molecule has 0 fully saturated rings. The van der Waals surface area contributed by atoms with Gasteiger partial charge in [0.15, 0.2) is 0 Å². The van der Waals surface area contributed by atoms with E-state index in [0.717, 1.165) is 4.31 Å². The monoisotopic (exact) mass is 643 g/mol. The lowest BCUT2D eigenvalue weighted by Gasteiger charge is -2.32. The maximum atomic E-state index is 13.9. The molecule has 0 unspecified atom stereocenters. The van der Waals surface area contributed by atoms with Crippen LogP contribution in [0.4, 0.5) is 5.69 Å². The van der Waals surface area contributed by atoms with Crippen molar-refractivity contribution >= 4 is 73.9 Å². The third-order valence-electron chi connectivity index (χ3n) is 5.99. The summed E-state index contributed by atoms with van der Waals surface area (Å²) in [6.45, 7) is 5.27. The van der Waals surface area contributed by atoms with Crippen molar-refractivity contribution in [2.75, 3.05) is 17.4 Å². The smallest absolute Gasteiger partial charge is 0.264 e. The Balaban J connectivity index is 2.04. The van der Waals surface area contributed by atoms with E-state index in [1.54, 1.807) is 43.3 Å². The molecule has 0 radical (unpaired) electrons. The summed E-state index contributed by atoms with van der Waals surface area (Å²) in [6, 6.07) is 15.9. The van der Waals surface area contributed by atoms with E-state index in [0.29, 0.717) is 17.1 Å². The Morgan fingerprint density at radius 1 is 0.825 bits per heavy atom. The van der Waals surface area contributed by atoms with E-state index in [2.05, 4.69) is 5.32 Å². The lowest BCUT2D eigenvalue weighted by Crippen LogP contribution is -2.51. The van der Waals surface area contributed by atoms with Crippen molar-refractivity contribution < 1.29 is 18.0 Å². The topological polar surface area (TPSA) is 86.8 Å². The van der Waals surface area contributed by atoms with Gasteiger partial charge in [0.05, 0.1) is 30.7 Å². The molecule has 1 N–H and O–H groups in total. The zero-order valence-electron chi connectivity index (χ0n) is 22.1. The SMILES string of the molecule is CC(C)CNC(=O)[C@@H](C)N(Cc1ccc(Cl)c(Cl)c1)C(=O)CN(c1ccc(Cl)c(Cl)c1)S(=O)(=O)c1ccccc1. The number of nitrogens with one attached hydrogen (secondary N) is 1. The summed E-state index contributed by atoms with van der Waals surface area (Å²) in [4.78, 5) is 28.2. The van der Waals surface area contributed by atoms with Crippen molar-refractivity contribution in [2.24, 2.45) is 5.92 Å². The molecular formula is C28H29Cl4N3O4S. The number of carbonyl (C=O) groups excluding carboxylic acids is 2. The van der Waals surface area contributed by atoms with Gasteiger partial charge in [0.25, 0.3) is 10.0 Å². The van der Waals surface area contributed by atoms with Crippen LogP contribution < -0.4 is 9.62 Å². The van der Waals surface area contributed by atoms with E-state index in [-0.39, 0.29) is 44.0 Å². The van der Waals surface area contributed by atoms with Crippen LogP contribution in [0, 0.1) is 5.92 Å². The van der Waals surface area contributed by atoms with Crippen molar-refractivity contribution in [1.29, 1.82) is 0 Å². The number of rotatable bonds is 11. The Bertz CT molecular complexity index is 1470. The molecule has 0 saturated carbocycles. The fourth-order valence-electron chi connectivity index (χ4n) is 3.76. The third-order valence-corrected chi connectivity index (χ3v) is 9.26. The molecule has 0 bridgehead atoms. The highest BCUT2D eigenvalue weighted by molar-refractivity contribution is 7.92. The highest BCUT2D eigenvalue weighted by Gasteiger charge is 2.32. The normalized spacial score (nSPS) is 12.2. The minimum Gasteiger partial charge on any atom is -0.354 e. The Morgan fingerprint density at radius 2 is 1.43 bits per heavy atom. The van der Waals surface area contributed by atoms with Crippen molar-refractivity contribution in [2.45, 2.75) is 38.3 Å². The van der Waals surface area contributed by atoms with Crippen LogP contribution >= 0.6 is 46.4 Å². The molecule has 3 aromatic carbocycles. The van der Waals surface area contributed by atoms with Crippen LogP contribution in [0.2, 0.25) is 20.1 Å². The highest BCUT2D eigenvalue weighted by Crippen LogP contribution is 2.31. The minimum absolute atomic E-state index is 0.0207. The second kappa shape index (κ2) is 13.9. The Morgan fingerprint density at radius 3 is 2.00 bits per heavy atom. The molecule has 2 amide bonds. The van der Waals surface area contributed by atoms with Crippen LogP contribution in [0.15, 0.2) is 71.6 Å². The van der Waals surface area contributed by atoms with Crippen LogP contribution in [-0.2, 0) is 26.2 Å². The van der Waals surface area contributed by atoms with E-state index in [1.807, 2.05) is 13.8 Å². The fourth-order valence-corrected chi connectivity index (χ4v) is 5.80. The molecule has 0 saturated heterocycles. The average molecular weight is 645 g/mol. The Labute approximate surface area is 255 Å². The van der Waals surface area contributed by atoms with E-state index < -0.39 is 28.5 Å². The third kappa shape index (κ3) is 8.04. The molecule has 1 atom stereocenters. The van der Waals surface area contributed by atoms with Crippen LogP contribution in [0.25, 0.3) is 0 Å². The lowest BCUT2D eigenvalue weighted by molar-refractivity contribution is -0.139. The molecule has 0 heterocycles. The number of amides is 2. The molecule has 3 aromatic rings. The minimum atomic E-state index is -4.22. The summed E-state index contributed by atoms with van der Waals surface area (Å²) in [5.74, 6) is -0.811. The van der Waals surface area contributed by atoms with Gasteiger partial charge in [-0.05, 0) is 60.9 Å². The molecule has 3 rings (SSSR count). The van der Waals surface area contributed by atoms with E-state index in [9.17, 15) is 18.0 Å². The van der Waals surface area contributed by atoms with Gasteiger partial charge in [-0.2, -0.15) is 0 Å². The number of anilines is 1. The summed E-state index contributed by atoms with van der Waals surface area (Å²) in [5, 5.41) is 3.80. The van der Waals surface area contributed by atoms with E-state index in [1.165, 1.54) is 35.2 Å². The number of hydrogen-bond acceptors (Lipinski definition) is 4. The fraction of sp³-hybridized carbons (Fsp3) is 0.286. The van der Waals surface area contributed by atoms with Gasteiger partial charge in [-0.1, -0.05) is 84.5 Å². The number of sulfonamides is 1. The Hall–Kier alpha value is -2.49. The number of hydrogen-bond donors (Lipinski definition) is 1. The molecule has 0 spiro atoms. The summed E-state index contributed by atoms with van der Waals surface area (Å²) in [7, 11) is -4.22. The van der Waals surface area contributed by atoms with Crippen LogP contribution in [0.5, 0.6) is 0 Å². The van der Waals surface area contributed by atoms with Gasteiger partial charge in [0, 0.05) is 13.1 Å². The highest BCUT2D eigenvalue weighted by atomic mass is 35.5. The largest absolute Gasteiger partial charge is 0.354 e. The Kier molecular flexibility index (Phi) is 11.1. The first-order valence-electron chi connectivity index (χ1n) is 12.3. The van der Waals surface area contributed by atoms with Gasteiger partial charge in [0.1, 0.15) is 12.6 Å². The molecule has 40 heavy (non-hydrogen) atoms. The van der Waals surface area contributed by atoms with Crippen LogP contribution in [0.3, 0.4) is 0 Å². The zero-order valence-corrected chi connectivity index (χ0v) is 25.9. The van der Waals surface area contributed by atoms with Crippen LogP contribution in [-0.4, -0.2) is 44.3 Å². The molecule has 0 aromatic heterocycles. The van der Waals surface area contributed by atoms with Gasteiger partial charge in [-0.25, -0.2) is 8.42 Å². The molecule has 0 aliphatic rings. The van der Waals surface area contributed by atoms with Gasteiger partial charge in [-0.15, -0.1) is 0 Å². The van der Waals surface area contributed by atoms with E-state index >= 15 is 0 Å². The summed E-state index contributed by atoms with van der Waals surface area (Å²) in [5.41, 5.74) is 0.747. The number of nitrogens with zero attached hydrogens (tertiary/aromatic N) is 2. The second-order valence-corrected chi connectivity index (χ2v) is 13.0. The molecule has 0 aliphatic carbocycles. The molecule has 0 aliphatic heterocycles. The molecule has 214 valence electrons. The first kappa shape index (κ1) is 32.0. The average Bonchev–Trinajstić information content (AvgIpc) is 2.92.